The Hall–Kier alpha value is -2.74. The molecule has 1 fully saturated rings. The third-order valence-electron chi connectivity index (χ3n) is 4.72. The summed E-state index contributed by atoms with van der Waals surface area (Å²) in [5.74, 6) is -0.137. The predicted molar refractivity (Wildman–Crippen MR) is 90.5 cm³/mol. The Labute approximate surface area is 150 Å². The van der Waals surface area contributed by atoms with Crippen LogP contribution >= 0.6 is 0 Å². The Morgan fingerprint density at radius 3 is 2.46 bits per heavy atom. The largest absolute Gasteiger partial charge is 0.465 e. The number of carbonyl (C=O) groups is 1. The molecule has 11 heteroatoms. The summed E-state index contributed by atoms with van der Waals surface area (Å²) >= 11 is 0. The van der Waals surface area contributed by atoms with E-state index in [0.29, 0.717) is 12.8 Å². The van der Waals surface area contributed by atoms with Crippen molar-refractivity contribution in [1.29, 1.82) is 5.26 Å². The number of imidazole rings is 1. The number of aromatic nitrogens is 4. The van der Waals surface area contributed by atoms with E-state index in [9.17, 15) is 23.6 Å². The summed E-state index contributed by atoms with van der Waals surface area (Å²) < 4.78 is 25.0. The Morgan fingerprint density at radius 1 is 1.42 bits per heavy atom. The van der Waals surface area contributed by atoms with Crippen molar-refractivity contribution in [3.63, 3.8) is 0 Å². The van der Waals surface area contributed by atoms with Gasteiger partial charge in [0.2, 0.25) is 9.84 Å². The third-order valence-corrected chi connectivity index (χ3v) is 5.56. The molecule has 0 bridgehead atoms. The van der Waals surface area contributed by atoms with E-state index in [0.717, 1.165) is 15.7 Å². The Balaban J connectivity index is 2.37. The minimum Gasteiger partial charge on any atom is -0.465 e. The molecule has 0 unspecified atom stereocenters. The van der Waals surface area contributed by atoms with Gasteiger partial charge in [-0.15, -0.1) is 5.10 Å². The van der Waals surface area contributed by atoms with E-state index >= 15 is 0 Å². The molecule has 1 aliphatic carbocycles. The molecule has 3 rings (SSSR count). The van der Waals surface area contributed by atoms with Crippen LogP contribution in [0.4, 0.5) is 10.6 Å². The highest BCUT2D eigenvalue weighted by atomic mass is 32.2. The summed E-state index contributed by atoms with van der Waals surface area (Å²) in [5.41, 5.74) is -1.14. The zero-order chi connectivity index (χ0) is 19.5. The van der Waals surface area contributed by atoms with E-state index in [1.54, 1.807) is 0 Å². The average molecular weight is 378 g/mol. The van der Waals surface area contributed by atoms with Crippen LogP contribution in [0.15, 0.2) is 11.4 Å². The minimum absolute atomic E-state index is 0.0144. The van der Waals surface area contributed by atoms with Crippen molar-refractivity contribution in [2.45, 2.75) is 44.3 Å². The van der Waals surface area contributed by atoms with Gasteiger partial charge in [-0.25, -0.2) is 18.2 Å². The molecule has 10 nitrogen and oxygen atoms in total. The van der Waals surface area contributed by atoms with Crippen molar-refractivity contribution in [3.8, 4) is 6.07 Å². The first-order valence-electron chi connectivity index (χ1n) is 7.81. The molecule has 0 atom stereocenters. The normalized spacial score (nSPS) is 16.3. The number of sulfone groups is 1. The molecule has 1 saturated carbocycles. The second kappa shape index (κ2) is 5.38. The highest BCUT2D eigenvalue weighted by Gasteiger charge is 2.59. The van der Waals surface area contributed by atoms with Crippen LogP contribution in [-0.2, 0) is 9.84 Å². The van der Waals surface area contributed by atoms with E-state index in [4.69, 9.17) is 0 Å². The molecule has 0 saturated heterocycles. The summed E-state index contributed by atoms with van der Waals surface area (Å²) in [7, 11) is -3.84. The number of nitriles is 1. The first-order chi connectivity index (χ1) is 11.9. The molecule has 0 aliphatic heterocycles. The Bertz CT molecular complexity index is 1060. The summed E-state index contributed by atoms with van der Waals surface area (Å²) in [6.07, 6.45) is 2.08. The van der Waals surface area contributed by atoms with Crippen molar-refractivity contribution in [2.75, 3.05) is 11.2 Å². The number of anilines is 1. The smallest absolute Gasteiger partial charge is 0.413 e. The van der Waals surface area contributed by atoms with Crippen LogP contribution in [0.2, 0.25) is 0 Å². The van der Waals surface area contributed by atoms with E-state index in [1.807, 2.05) is 26.8 Å². The predicted octanol–water partition coefficient (Wildman–Crippen LogP) is 1.46. The van der Waals surface area contributed by atoms with Crippen molar-refractivity contribution in [3.05, 3.63) is 11.9 Å². The molecule has 0 radical (unpaired) electrons. The maximum absolute atomic E-state index is 12.1. The van der Waals surface area contributed by atoms with Gasteiger partial charge in [0.15, 0.2) is 17.2 Å². The van der Waals surface area contributed by atoms with Crippen LogP contribution in [-0.4, -0.2) is 51.0 Å². The number of carboxylic acid groups (broad SMARTS) is 1. The van der Waals surface area contributed by atoms with Crippen LogP contribution in [0.1, 0.15) is 39.3 Å². The van der Waals surface area contributed by atoms with E-state index in [-0.39, 0.29) is 17.2 Å². The topological polar surface area (TPSA) is 142 Å². The number of fused-ring (bicyclic) bond motifs is 1. The fourth-order valence-corrected chi connectivity index (χ4v) is 3.62. The lowest BCUT2D eigenvalue weighted by Gasteiger charge is -2.38. The molecule has 0 aromatic carbocycles. The number of rotatable bonds is 3. The molecule has 2 heterocycles. The SMILES string of the molecule is CC(C)(C)C1(N(C(=O)O)c2nc(S(C)(=O)=O)nn3c(C#N)cnc23)CC1. The van der Waals surface area contributed by atoms with Gasteiger partial charge in [0.05, 0.1) is 11.7 Å². The molecule has 26 heavy (non-hydrogen) atoms. The van der Waals surface area contributed by atoms with Gasteiger partial charge in [0.1, 0.15) is 6.07 Å². The van der Waals surface area contributed by atoms with Crippen molar-refractivity contribution < 1.29 is 18.3 Å². The van der Waals surface area contributed by atoms with Crippen molar-refractivity contribution >= 4 is 27.4 Å². The van der Waals surface area contributed by atoms with Gasteiger partial charge < -0.3 is 5.11 Å². The Morgan fingerprint density at radius 2 is 2.04 bits per heavy atom. The van der Waals surface area contributed by atoms with Crippen molar-refractivity contribution in [2.24, 2.45) is 5.41 Å². The molecule has 2 aromatic heterocycles. The lowest BCUT2D eigenvalue weighted by molar-refractivity contribution is 0.185. The van der Waals surface area contributed by atoms with Gasteiger partial charge in [-0.2, -0.15) is 14.8 Å². The monoisotopic (exact) mass is 378 g/mol. The first-order valence-corrected chi connectivity index (χ1v) is 9.70. The lowest BCUT2D eigenvalue weighted by Crippen LogP contribution is -2.50. The van der Waals surface area contributed by atoms with Crippen molar-refractivity contribution in [1.82, 2.24) is 19.6 Å². The van der Waals surface area contributed by atoms with E-state index in [2.05, 4.69) is 15.1 Å². The fourth-order valence-electron chi connectivity index (χ4n) is 3.14. The second-order valence-electron chi connectivity index (χ2n) is 7.38. The first kappa shape index (κ1) is 18.1. The second-order valence-corrected chi connectivity index (χ2v) is 9.29. The van der Waals surface area contributed by atoms with E-state index < -0.39 is 32.0 Å². The number of hydrogen-bond donors (Lipinski definition) is 1. The maximum atomic E-state index is 12.1. The summed E-state index contributed by atoms with van der Waals surface area (Å²) in [6, 6.07) is 1.86. The fraction of sp³-hybridized carbons (Fsp3) is 0.533. The lowest BCUT2D eigenvalue weighted by atomic mass is 9.83. The zero-order valence-electron chi connectivity index (χ0n) is 14.8. The zero-order valence-corrected chi connectivity index (χ0v) is 15.6. The molecule has 1 amide bonds. The molecular weight excluding hydrogens is 360 g/mol. The molecule has 2 aromatic rings. The third kappa shape index (κ3) is 2.57. The van der Waals surface area contributed by atoms with Gasteiger partial charge in [-0.05, 0) is 18.3 Å². The van der Waals surface area contributed by atoms with Crippen LogP contribution in [0.3, 0.4) is 0 Å². The van der Waals surface area contributed by atoms with Gasteiger partial charge in [0.25, 0.3) is 5.16 Å². The molecule has 138 valence electrons. The van der Waals surface area contributed by atoms with Gasteiger partial charge in [-0.3, -0.25) is 4.90 Å². The van der Waals surface area contributed by atoms with Crippen LogP contribution in [0.5, 0.6) is 0 Å². The standard InChI is InChI=1S/C15H18N6O4S/c1-14(2,3)15(5-6-15)20(13(22)23)11-10-17-8-9(7-16)21(10)19-12(18-11)26(4,24)25/h8H,5-6H2,1-4H3,(H,22,23). The van der Waals surface area contributed by atoms with Gasteiger partial charge >= 0.3 is 6.09 Å². The molecule has 0 spiro atoms. The number of amides is 1. The van der Waals surface area contributed by atoms with Crippen LogP contribution < -0.4 is 4.90 Å². The van der Waals surface area contributed by atoms with Gasteiger partial charge in [0, 0.05) is 6.26 Å². The molecule has 1 N–H and O–H groups in total. The van der Waals surface area contributed by atoms with Crippen LogP contribution in [0, 0.1) is 16.7 Å². The number of hydrogen-bond acceptors (Lipinski definition) is 7. The summed E-state index contributed by atoms with van der Waals surface area (Å²) in [4.78, 5) is 21.3. The average Bonchev–Trinajstić information content (AvgIpc) is 3.19. The Kier molecular flexibility index (Phi) is 3.74. The minimum atomic E-state index is -3.84. The quantitative estimate of drug-likeness (QED) is 0.846. The van der Waals surface area contributed by atoms with Gasteiger partial charge in [-0.1, -0.05) is 20.8 Å². The molecular formula is C15H18N6O4S. The maximum Gasteiger partial charge on any atom is 0.413 e. The summed E-state index contributed by atoms with van der Waals surface area (Å²) in [6.45, 7) is 5.74. The highest BCUT2D eigenvalue weighted by Crippen LogP contribution is 2.55. The molecule has 1 aliphatic rings. The van der Waals surface area contributed by atoms with E-state index in [1.165, 1.54) is 6.20 Å². The highest BCUT2D eigenvalue weighted by molar-refractivity contribution is 7.90. The summed E-state index contributed by atoms with van der Waals surface area (Å²) in [5, 5.41) is 22.4. The number of nitrogens with zero attached hydrogens (tertiary/aromatic N) is 6. The van der Waals surface area contributed by atoms with Crippen LogP contribution in [0.25, 0.3) is 5.65 Å².